The third kappa shape index (κ3) is 4.82. The van der Waals surface area contributed by atoms with Crippen LogP contribution in [-0.2, 0) is 25.3 Å². The van der Waals surface area contributed by atoms with Gasteiger partial charge in [0.15, 0.2) is 0 Å². The molecule has 0 spiro atoms. The number of aryl methyl sites for hydroxylation is 2. The lowest BCUT2D eigenvalue weighted by atomic mass is 10.1. The van der Waals surface area contributed by atoms with E-state index in [2.05, 4.69) is 17.2 Å². The molecule has 0 aliphatic rings. The molecular formula is C22H26N4O4S. The van der Waals surface area contributed by atoms with E-state index in [1.807, 2.05) is 0 Å². The number of carbonyl (C=O) groups excluding carboxylic acids is 1. The predicted octanol–water partition coefficient (Wildman–Crippen LogP) is 2.71. The van der Waals surface area contributed by atoms with E-state index in [9.17, 15) is 14.4 Å². The highest BCUT2D eigenvalue weighted by Gasteiger charge is 2.18. The van der Waals surface area contributed by atoms with Crippen LogP contribution in [0.2, 0.25) is 0 Å². The summed E-state index contributed by atoms with van der Waals surface area (Å²) >= 11 is 1.29. The van der Waals surface area contributed by atoms with Crippen molar-refractivity contribution in [2.24, 2.45) is 14.1 Å². The zero-order chi connectivity index (χ0) is 22.5. The molecule has 0 bridgehead atoms. The molecule has 0 saturated heterocycles. The van der Waals surface area contributed by atoms with E-state index in [1.165, 1.54) is 23.4 Å². The minimum absolute atomic E-state index is 0.121. The van der Waals surface area contributed by atoms with Crippen LogP contribution in [0.25, 0.3) is 11.0 Å². The molecule has 0 aliphatic carbocycles. The van der Waals surface area contributed by atoms with Crippen molar-refractivity contribution in [3.05, 3.63) is 56.9 Å². The number of anilines is 1. The van der Waals surface area contributed by atoms with Gasteiger partial charge in [0.1, 0.15) is 11.4 Å². The third-order valence-electron chi connectivity index (χ3n) is 5.02. The number of pyridine rings is 1. The van der Waals surface area contributed by atoms with Crippen LogP contribution in [-0.4, -0.2) is 32.9 Å². The predicted molar refractivity (Wildman–Crippen MR) is 123 cm³/mol. The van der Waals surface area contributed by atoms with Crippen LogP contribution in [0.3, 0.4) is 0 Å². The summed E-state index contributed by atoms with van der Waals surface area (Å²) in [5.41, 5.74) is 1.07. The Morgan fingerprint density at radius 1 is 1.16 bits per heavy atom. The Morgan fingerprint density at radius 3 is 2.52 bits per heavy atom. The molecule has 0 aliphatic heterocycles. The highest BCUT2D eigenvalue weighted by atomic mass is 32.2. The summed E-state index contributed by atoms with van der Waals surface area (Å²) in [7, 11) is 4.63. The Bertz CT molecular complexity index is 1220. The molecule has 1 aromatic carbocycles. The van der Waals surface area contributed by atoms with Gasteiger partial charge in [-0.15, -0.1) is 11.8 Å². The Morgan fingerprint density at radius 2 is 1.87 bits per heavy atom. The van der Waals surface area contributed by atoms with Gasteiger partial charge in [-0.05, 0) is 42.7 Å². The molecule has 1 amide bonds. The molecule has 3 rings (SSSR count). The molecule has 0 radical (unpaired) electrons. The first kappa shape index (κ1) is 22.6. The Labute approximate surface area is 184 Å². The van der Waals surface area contributed by atoms with E-state index in [4.69, 9.17) is 4.74 Å². The fraction of sp³-hybridized carbons (Fsp3) is 0.364. The number of ether oxygens (including phenoxy) is 1. The standard InChI is InChI=1S/C22H26N4O4S/c1-5-6-7-14-12-23-20-18(21(28)26(3)22(29)25(20)2)19(14)31-13-17(27)24-15-8-10-16(30-4)11-9-15/h8-12H,5-7,13H2,1-4H3,(H,24,27). The number of methoxy groups -OCH3 is 1. The number of amides is 1. The normalized spacial score (nSPS) is 11.0. The third-order valence-corrected chi connectivity index (χ3v) is 6.18. The molecule has 3 aromatic rings. The number of rotatable bonds is 8. The molecular weight excluding hydrogens is 416 g/mol. The average molecular weight is 443 g/mol. The second-order valence-electron chi connectivity index (χ2n) is 7.19. The molecule has 0 saturated carbocycles. The molecule has 164 valence electrons. The number of nitrogens with one attached hydrogen (secondary N) is 1. The maximum absolute atomic E-state index is 12.9. The summed E-state index contributed by atoms with van der Waals surface area (Å²) in [4.78, 5) is 42.9. The number of carbonyl (C=O) groups is 1. The van der Waals surface area contributed by atoms with Crippen molar-refractivity contribution in [3.8, 4) is 5.75 Å². The maximum Gasteiger partial charge on any atom is 0.332 e. The van der Waals surface area contributed by atoms with Crippen LogP contribution in [0.1, 0.15) is 25.3 Å². The van der Waals surface area contributed by atoms with Crippen LogP contribution in [0.4, 0.5) is 5.69 Å². The largest absolute Gasteiger partial charge is 0.497 e. The highest BCUT2D eigenvalue weighted by molar-refractivity contribution is 8.00. The zero-order valence-corrected chi connectivity index (χ0v) is 18.9. The van der Waals surface area contributed by atoms with E-state index in [1.54, 1.807) is 44.6 Å². The quantitative estimate of drug-likeness (QED) is 0.539. The van der Waals surface area contributed by atoms with E-state index < -0.39 is 11.2 Å². The zero-order valence-electron chi connectivity index (χ0n) is 18.1. The van der Waals surface area contributed by atoms with Gasteiger partial charge in [0.25, 0.3) is 5.56 Å². The maximum atomic E-state index is 12.9. The van der Waals surface area contributed by atoms with E-state index in [0.717, 1.165) is 29.4 Å². The Hall–Kier alpha value is -3.07. The average Bonchev–Trinajstić information content (AvgIpc) is 2.78. The molecule has 31 heavy (non-hydrogen) atoms. The summed E-state index contributed by atoms with van der Waals surface area (Å²) in [6.07, 6.45) is 4.38. The van der Waals surface area contributed by atoms with Gasteiger partial charge in [0.2, 0.25) is 5.91 Å². The number of thioether (sulfide) groups is 1. The first-order valence-electron chi connectivity index (χ1n) is 10.0. The minimum atomic E-state index is -0.431. The fourth-order valence-corrected chi connectivity index (χ4v) is 4.27. The van der Waals surface area contributed by atoms with Gasteiger partial charge in [-0.2, -0.15) is 0 Å². The van der Waals surface area contributed by atoms with Crippen LogP contribution in [0.15, 0.2) is 44.9 Å². The second-order valence-corrected chi connectivity index (χ2v) is 8.17. The monoisotopic (exact) mass is 442 g/mol. The summed E-state index contributed by atoms with van der Waals surface area (Å²) in [6.45, 7) is 2.09. The number of unbranched alkanes of at least 4 members (excludes halogenated alkanes) is 1. The summed E-state index contributed by atoms with van der Waals surface area (Å²) in [5, 5.41) is 3.23. The lowest BCUT2D eigenvalue weighted by molar-refractivity contribution is -0.113. The van der Waals surface area contributed by atoms with Crippen molar-refractivity contribution >= 4 is 34.4 Å². The number of hydrogen-bond acceptors (Lipinski definition) is 6. The van der Waals surface area contributed by atoms with Crippen molar-refractivity contribution < 1.29 is 9.53 Å². The van der Waals surface area contributed by atoms with E-state index in [-0.39, 0.29) is 11.7 Å². The number of aromatic nitrogens is 3. The number of benzene rings is 1. The van der Waals surface area contributed by atoms with Crippen molar-refractivity contribution in [3.63, 3.8) is 0 Å². The van der Waals surface area contributed by atoms with Crippen molar-refractivity contribution in [2.45, 2.75) is 31.1 Å². The van der Waals surface area contributed by atoms with Crippen LogP contribution in [0.5, 0.6) is 5.75 Å². The first-order chi connectivity index (χ1) is 14.9. The minimum Gasteiger partial charge on any atom is -0.497 e. The summed E-state index contributed by atoms with van der Waals surface area (Å²) in [6, 6.07) is 7.07. The molecule has 0 unspecified atom stereocenters. The van der Waals surface area contributed by atoms with Crippen LogP contribution >= 0.6 is 11.8 Å². The molecule has 1 N–H and O–H groups in total. The van der Waals surface area contributed by atoms with Gasteiger partial charge >= 0.3 is 5.69 Å². The fourth-order valence-electron chi connectivity index (χ4n) is 3.26. The van der Waals surface area contributed by atoms with Crippen LogP contribution in [0, 0.1) is 0 Å². The van der Waals surface area contributed by atoms with Gasteiger partial charge in [0, 0.05) is 30.9 Å². The van der Waals surface area contributed by atoms with E-state index >= 15 is 0 Å². The highest BCUT2D eigenvalue weighted by Crippen LogP contribution is 2.29. The first-order valence-corrected chi connectivity index (χ1v) is 11.0. The topological polar surface area (TPSA) is 95.2 Å². The molecule has 0 atom stereocenters. The van der Waals surface area contributed by atoms with Crippen molar-refractivity contribution in [2.75, 3.05) is 18.2 Å². The van der Waals surface area contributed by atoms with Gasteiger partial charge in [0.05, 0.1) is 18.2 Å². The SMILES string of the molecule is CCCCc1cnc2c(c1SCC(=O)Nc1ccc(OC)cc1)c(=O)n(C)c(=O)n2C. The number of fused-ring (bicyclic) bond motifs is 1. The Kier molecular flexibility index (Phi) is 7.17. The molecule has 2 aromatic heterocycles. The molecule has 0 fully saturated rings. The van der Waals surface area contributed by atoms with Crippen molar-refractivity contribution in [1.29, 1.82) is 0 Å². The van der Waals surface area contributed by atoms with Gasteiger partial charge in [-0.25, -0.2) is 9.78 Å². The lowest BCUT2D eigenvalue weighted by Gasteiger charge is -2.14. The van der Waals surface area contributed by atoms with Crippen molar-refractivity contribution in [1.82, 2.24) is 14.1 Å². The van der Waals surface area contributed by atoms with Gasteiger partial charge < -0.3 is 10.1 Å². The molecule has 9 heteroatoms. The summed E-state index contributed by atoms with van der Waals surface area (Å²) < 4.78 is 7.57. The van der Waals surface area contributed by atoms with Crippen LogP contribution < -0.4 is 21.3 Å². The lowest BCUT2D eigenvalue weighted by Crippen LogP contribution is -2.37. The molecule has 2 heterocycles. The smallest absolute Gasteiger partial charge is 0.332 e. The second kappa shape index (κ2) is 9.82. The van der Waals surface area contributed by atoms with E-state index in [0.29, 0.717) is 27.4 Å². The van der Waals surface area contributed by atoms with Gasteiger partial charge in [-0.1, -0.05) is 13.3 Å². The Balaban J connectivity index is 1.93. The molecule has 8 nitrogen and oxygen atoms in total. The summed E-state index contributed by atoms with van der Waals surface area (Å²) in [5.74, 6) is 0.636. The number of hydrogen-bond donors (Lipinski definition) is 1. The number of nitrogens with zero attached hydrogens (tertiary/aromatic N) is 3. The van der Waals surface area contributed by atoms with Gasteiger partial charge in [-0.3, -0.25) is 18.7 Å².